The highest BCUT2D eigenvalue weighted by Gasteiger charge is 2.39. The van der Waals surface area contributed by atoms with Crippen LogP contribution in [-0.4, -0.2) is 21.4 Å². The Morgan fingerprint density at radius 1 is 1.22 bits per heavy atom. The quantitative estimate of drug-likeness (QED) is 0.463. The zero-order valence-electron chi connectivity index (χ0n) is 15.9. The van der Waals surface area contributed by atoms with Gasteiger partial charge in [-0.15, -0.1) is 6.58 Å². The number of benzene rings is 1. The Morgan fingerprint density at radius 2 is 1.83 bits per heavy atom. The summed E-state index contributed by atoms with van der Waals surface area (Å²) in [5, 5.41) is 3.67. The molecule has 0 bridgehead atoms. The van der Waals surface area contributed by atoms with Crippen molar-refractivity contribution in [1.82, 2.24) is 5.32 Å². The van der Waals surface area contributed by atoms with Crippen molar-refractivity contribution in [3.8, 4) is 0 Å². The molecule has 1 N–H and O–H groups in total. The maximum absolute atomic E-state index is 6.77. The van der Waals surface area contributed by atoms with Crippen LogP contribution in [0.4, 0.5) is 0 Å². The molecule has 0 amide bonds. The van der Waals surface area contributed by atoms with E-state index in [4.69, 9.17) is 4.43 Å². The van der Waals surface area contributed by atoms with Gasteiger partial charge in [0.1, 0.15) is 0 Å². The maximum atomic E-state index is 6.77. The van der Waals surface area contributed by atoms with Gasteiger partial charge in [-0.1, -0.05) is 57.2 Å². The summed E-state index contributed by atoms with van der Waals surface area (Å²) in [6.07, 6.45) is 5.29. The van der Waals surface area contributed by atoms with Crippen LogP contribution in [0.3, 0.4) is 0 Å². The normalized spacial score (nSPS) is 15.2. The number of hydrogen-bond acceptors (Lipinski definition) is 2. The Morgan fingerprint density at radius 3 is 2.30 bits per heavy atom. The zero-order chi connectivity index (χ0) is 17.5. The van der Waals surface area contributed by atoms with E-state index in [0.29, 0.717) is 6.04 Å². The van der Waals surface area contributed by atoms with E-state index in [2.05, 4.69) is 76.1 Å². The SMILES string of the molecule is C=CCC[C@@H](C[C@@H](O[Si](C)(C)C(C)(C)C)c1ccccc1)NC. The average molecular weight is 334 g/mol. The second-order valence-electron chi connectivity index (χ2n) is 7.86. The highest BCUT2D eigenvalue weighted by Crippen LogP contribution is 2.40. The van der Waals surface area contributed by atoms with Crippen LogP contribution in [0.1, 0.15) is 51.7 Å². The predicted octanol–water partition coefficient (Wildman–Crippen LogP) is 5.69. The largest absolute Gasteiger partial charge is 0.410 e. The van der Waals surface area contributed by atoms with E-state index in [0.717, 1.165) is 19.3 Å². The Bertz CT molecular complexity index is 464. The fourth-order valence-corrected chi connectivity index (χ4v) is 3.71. The molecule has 130 valence electrons. The third-order valence-electron chi connectivity index (χ3n) is 5.04. The van der Waals surface area contributed by atoms with Crippen molar-refractivity contribution in [3.63, 3.8) is 0 Å². The summed E-state index contributed by atoms with van der Waals surface area (Å²) in [5.41, 5.74) is 1.29. The lowest BCUT2D eigenvalue weighted by molar-refractivity contribution is 0.158. The molecule has 0 aliphatic rings. The van der Waals surface area contributed by atoms with Gasteiger partial charge < -0.3 is 9.74 Å². The molecule has 0 aliphatic heterocycles. The van der Waals surface area contributed by atoms with Crippen molar-refractivity contribution < 1.29 is 4.43 Å². The van der Waals surface area contributed by atoms with E-state index in [1.807, 2.05) is 13.1 Å². The highest BCUT2D eigenvalue weighted by molar-refractivity contribution is 6.74. The molecule has 0 radical (unpaired) electrons. The first-order valence-electron chi connectivity index (χ1n) is 8.72. The van der Waals surface area contributed by atoms with E-state index in [9.17, 15) is 0 Å². The molecule has 0 heterocycles. The summed E-state index contributed by atoms with van der Waals surface area (Å²) in [6, 6.07) is 11.1. The minimum atomic E-state index is -1.81. The Kier molecular flexibility index (Phi) is 7.72. The molecule has 0 fully saturated rings. The molecule has 1 aromatic rings. The highest BCUT2D eigenvalue weighted by atomic mass is 28.4. The summed E-state index contributed by atoms with van der Waals surface area (Å²) in [4.78, 5) is 0. The maximum Gasteiger partial charge on any atom is 0.192 e. The topological polar surface area (TPSA) is 21.3 Å². The minimum absolute atomic E-state index is 0.152. The summed E-state index contributed by atoms with van der Waals surface area (Å²) in [5.74, 6) is 0. The molecule has 1 aromatic carbocycles. The summed E-state index contributed by atoms with van der Waals surface area (Å²) < 4.78 is 6.77. The third-order valence-corrected chi connectivity index (χ3v) is 9.53. The minimum Gasteiger partial charge on any atom is -0.410 e. The standard InChI is InChI=1S/C20H35NOSi/c1-8-9-15-18(21-5)16-19(17-13-11-10-12-14-17)22-23(6,7)20(2,3)4/h8,10-14,18-19,21H,1,9,15-16H2,2-7H3/t18-,19+/m0/s1. The Labute approximate surface area is 144 Å². The van der Waals surface area contributed by atoms with Gasteiger partial charge in [0, 0.05) is 6.04 Å². The molecule has 0 aromatic heterocycles. The molecular formula is C20H35NOSi. The number of nitrogens with one attached hydrogen (secondary N) is 1. The number of hydrogen-bond donors (Lipinski definition) is 1. The van der Waals surface area contributed by atoms with Gasteiger partial charge in [-0.2, -0.15) is 0 Å². The van der Waals surface area contributed by atoms with Crippen LogP contribution in [0.25, 0.3) is 0 Å². The fraction of sp³-hybridized carbons (Fsp3) is 0.600. The van der Waals surface area contributed by atoms with Gasteiger partial charge in [0.2, 0.25) is 0 Å². The van der Waals surface area contributed by atoms with Crippen molar-refractivity contribution in [3.05, 3.63) is 48.6 Å². The molecule has 2 nitrogen and oxygen atoms in total. The van der Waals surface area contributed by atoms with Crippen LogP contribution in [0.15, 0.2) is 43.0 Å². The first-order chi connectivity index (χ1) is 10.7. The molecule has 1 rings (SSSR count). The van der Waals surface area contributed by atoms with Gasteiger partial charge >= 0.3 is 0 Å². The summed E-state index contributed by atoms with van der Waals surface area (Å²) >= 11 is 0. The van der Waals surface area contributed by atoms with E-state index >= 15 is 0 Å². The summed E-state index contributed by atoms with van der Waals surface area (Å²) in [7, 11) is 0.234. The Balaban J connectivity index is 2.96. The van der Waals surface area contributed by atoms with Gasteiger partial charge in [0.15, 0.2) is 8.32 Å². The van der Waals surface area contributed by atoms with Crippen LogP contribution < -0.4 is 5.32 Å². The van der Waals surface area contributed by atoms with Crippen LogP contribution in [-0.2, 0) is 4.43 Å². The first-order valence-corrected chi connectivity index (χ1v) is 11.6. The van der Waals surface area contributed by atoms with Crippen molar-refractivity contribution in [2.75, 3.05) is 7.05 Å². The lowest BCUT2D eigenvalue weighted by Crippen LogP contribution is -2.43. The van der Waals surface area contributed by atoms with Gasteiger partial charge in [-0.05, 0) is 50.0 Å². The molecule has 0 unspecified atom stereocenters. The van der Waals surface area contributed by atoms with Crippen molar-refractivity contribution in [2.24, 2.45) is 0 Å². The predicted molar refractivity (Wildman–Crippen MR) is 104 cm³/mol. The van der Waals surface area contributed by atoms with E-state index in [1.54, 1.807) is 0 Å². The van der Waals surface area contributed by atoms with E-state index < -0.39 is 8.32 Å². The second kappa shape index (κ2) is 8.81. The molecule has 0 spiro atoms. The van der Waals surface area contributed by atoms with Crippen LogP contribution in [0.5, 0.6) is 0 Å². The molecule has 2 atom stereocenters. The molecule has 3 heteroatoms. The molecule has 0 saturated carbocycles. The van der Waals surface area contributed by atoms with Crippen molar-refractivity contribution in [2.45, 2.75) is 70.3 Å². The number of allylic oxidation sites excluding steroid dienone is 1. The molecular weight excluding hydrogens is 298 g/mol. The third kappa shape index (κ3) is 6.25. The first kappa shape index (κ1) is 20.1. The van der Waals surface area contributed by atoms with Crippen LogP contribution in [0.2, 0.25) is 18.1 Å². The smallest absolute Gasteiger partial charge is 0.192 e. The van der Waals surface area contributed by atoms with Crippen molar-refractivity contribution >= 4 is 8.32 Å². The lowest BCUT2D eigenvalue weighted by atomic mass is 9.99. The van der Waals surface area contributed by atoms with E-state index in [1.165, 1.54) is 5.56 Å². The van der Waals surface area contributed by atoms with Gasteiger partial charge in [0.25, 0.3) is 0 Å². The van der Waals surface area contributed by atoms with E-state index in [-0.39, 0.29) is 11.1 Å². The average Bonchev–Trinajstić information content (AvgIpc) is 2.50. The summed E-state index contributed by atoms with van der Waals surface area (Å²) in [6.45, 7) is 15.4. The molecule has 0 aliphatic carbocycles. The van der Waals surface area contributed by atoms with Crippen molar-refractivity contribution in [1.29, 1.82) is 0 Å². The van der Waals surface area contributed by atoms with Gasteiger partial charge in [0.05, 0.1) is 6.10 Å². The van der Waals surface area contributed by atoms with Gasteiger partial charge in [-0.25, -0.2) is 0 Å². The number of rotatable bonds is 9. The molecule has 23 heavy (non-hydrogen) atoms. The Hall–Kier alpha value is -0.903. The molecule has 0 saturated heterocycles. The fourth-order valence-electron chi connectivity index (χ4n) is 2.41. The lowest BCUT2D eigenvalue weighted by Gasteiger charge is -2.40. The monoisotopic (exact) mass is 333 g/mol. The van der Waals surface area contributed by atoms with Crippen LogP contribution >= 0.6 is 0 Å². The van der Waals surface area contributed by atoms with Gasteiger partial charge in [-0.3, -0.25) is 0 Å². The second-order valence-corrected chi connectivity index (χ2v) is 12.6. The zero-order valence-corrected chi connectivity index (χ0v) is 16.9. The van der Waals surface area contributed by atoms with Crippen LogP contribution in [0, 0.1) is 0 Å².